The number of hydrogen-bond donors (Lipinski definition) is 1. The average molecular weight is 327 g/mol. The summed E-state index contributed by atoms with van der Waals surface area (Å²) < 4.78 is 6.95. The molecule has 0 saturated carbocycles. The van der Waals surface area contributed by atoms with Gasteiger partial charge in [0.05, 0.1) is 11.1 Å². The van der Waals surface area contributed by atoms with Crippen LogP contribution in [0.15, 0.2) is 22.7 Å². The lowest BCUT2D eigenvalue weighted by Gasteiger charge is -2.32. The highest BCUT2D eigenvalue weighted by Crippen LogP contribution is 2.29. The quantitative estimate of drug-likeness (QED) is 0.903. The van der Waals surface area contributed by atoms with E-state index in [2.05, 4.69) is 27.9 Å². The van der Waals surface area contributed by atoms with E-state index < -0.39 is 0 Å². The summed E-state index contributed by atoms with van der Waals surface area (Å²) in [6.07, 6.45) is 5.05. The molecule has 1 heterocycles. The zero-order chi connectivity index (χ0) is 13.7. The lowest BCUT2D eigenvalue weighted by molar-refractivity contribution is 0.152. The van der Waals surface area contributed by atoms with Crippen LogP contribution in [0, 0.1) is 0 Å². The Hall–Kier alpha value is -0.580. The van der Waals surface area contributed by atoms with E-state index in [1.807, 2.05) is 18.2 Å². The lowest BCUT2D eigenvalue weighted by atomic mass is 10.0. The number of nitrogens with two attached hydrogens (primary N) is 1. The van der Waals surface area contributed by atoms with Gasteiger partial charge in [-0.1, -0.05) is 18.6 Å². The predicted octanol–water partition coefficient (Wildman–Crippen LogP) is 3.16. The van der Waals surface area contributed by atoms with Crippen molar-refractivity contribution in [3.8, 4) is 5.75 Å². The number of benzene rings is 1. The number of para-hydroxylation sites is 1. The molecule has 1 aliphatic rings. The maximum atomic E-state index is 5.96. The third-order valence-electron chi connectivity index (χ3n) is 3.89. The summed E-state index contributed by atoms with van der Waals surface area (Å²) in [6.45, 7) is 2.48. The van der Waals surface area contributed by atoms with Crippen molar-refractivity contribution in [3.63, 3.8) is 0 Å². The molecule has 1 aromatic rings. The fourth-order valence-corrected chi connectivity index (χ4v) is 3.20. The topological polar surface area (TPSA) is 38.5 Å². The Morgan fingerprint density at radius 2 is 2.26 bits per heavy atom. The molecule has 2 rings (SSSR count). The first-order valence-electron chi connectivity index (χ1n) is 7.03. The Balaban J connectivity index is 1.88. The first kappa shape index (κ1) is 14.8. The van der Waals surface area contributed by atoms with Crippen molar-refractivity contribution < 1.29 is 4.74 Å². The van der Waals surface area contributed by atoms with Crippen molar-refractivity contribution in [1.82, 2.24) is 4.90 Å². The third kappa shape index (κ3) is 3.94. The zero-order valence-electron chi connectivity index (χ0n) is 11.6. The van der Waals surface area contributed by atoms with Gasteiger partial charge in [0.1, 0.15) is 5.75 Å². The van der Waals surface area contributed by atoms with Gasteiger partial charge in [-0.05, 0) is 54.9 Å². The van der Waals surface area contributed by atoms with Gasteiger partial charge in [0.2, 0.25) is 0 Å². The molecule has 0 spiro atoms. The molecule has 4 heteroatoms. The summed E-state index contributed by atoms with van der Waals surface area (Å²) in [5, 5.41) is 0. The van der Waals surface area contributed by atoms with Gasteiger partial charge in [-0.25, -0.2) is 0 Å². The molecule has 1 fully saturated rings. The van der Waals surface area contributed by atoms with Gasteiger partial charge < -0.3 is 15.4 Å². The monoisotopic (exact) mass is 326 g/mol. The Morgan fingerprint density at radius 1 is 1.42 bits per heavy atom. The van der Waals surface area contributed by atoms with Crippen LogP contribution in [0.25, 0.3) is 0 Å². The molecule has 0 bridgehead atoms. The van der Waals surface area contributed by atoms with E-state index in [0.717, 1.165) is 28.8 Å². The Morgan fingerprint density at radius 3 is 3.00 bits per heavy atom. The highest BCUT2D eigenvalue weighted by Gasteiger charge is 2.18. The molecule has 2 N–H and O–H groups in total. The van der Waals surface area contributed by atoms with Crippen molar-refractivity contribution in [1.29, 1.82) is 0 Å². The van der Waals surface area contributed by atoms with E-state index in [9.17, 15) is 0 Å². The molecule has 0 aromatic heterocycles. The van der Waals surface area contributed by atoms with Crippen molar-refractivity contribution in [2.24, 2.45) is 5.73 Å². The van der Waals surface area contributed by atoms with Crippen LogP contribution in [0.3, 0.4) is 0 Å². The minimum Gasteiger partial charge on any atom is -0.492 e. The molecule has 0 radical (unpaired) electrons. The molecule has 106 valence electrons. The predicted molar refractivity (Wildman–Crippen MR) is 82.4 cm³/mol. The van der Waals surface area contributed by atoms with Crippen LogP contribution in [0.1, 0.15) is 31.2 Å². The van der Waals surface area contributed by atoms with Gasteiger partial charge in [0.15, 0.2) is 0 Å². The van der Waals surface area contributed by atoms with E-state index in [-0.39, 0.29) is 0 Å². The summed E-state index contributed by atoms with van der Waals surface area (Å²) >= 11 is 3.54. The molecule has 0 aliphatic carbocycles. The fourth-order valence-electron chi connectivity index (χ4n) is 2.68. The molecule has 1 unspecified atom stereocenters. The zero-order valence-corrected chi connectivity index (χ0v) is 13.2. The van der Waals surface area contributed by atoms with Gasteiger partial charge in [0.25, 0.3) is 0 Å². The standard InChI is InChI=1S/C15H23BrN2O/c1-18-9-3-2-6-13(18)8-10-19-15-12(11-17)5-4-7-14(15)16/h4-5,7,13H,2-3,6,8-11,17H2,1H3. The molecule has 1 aromatic carbocycles. The molecule has 1 saturated heterocycles. The van der Waals surface area contributed by atoms with E-state index in [1.54, 1.807) is 0 Å². The minimum atomic E-state index is 0.512. The maximum Gasteiger partial charge on any atom is 0.137 e. The molecular weight excluding hydrogens is 304 g/mol. The Labute approximate surface area is 124 Å². The Kier molecular flexibility index (Phi) is 5.67. The van der Waals surface area contributed by atoms with Crippen LogP contribution in [0.5, 0.6) is 5.75 Å². The normalized spacial score (nSPS) is 20.5. The fraction of sp³-hybridized carbons (Fsp3) is 0.600. The molecule has 3 nitrogen and oxygen atoms in total. The molecule has 1 atom stereocenters. The van der Waals surface area contributed by atoms with E-state index in [4.69, 9.17) is 10.5 Å². The largest absolute Gasteiger partial charge is 0.492 e. The van der Waals surface area contributed by atoms with E-state index >= 15 is 0 Å². The smallest absolute Gasteiger partial charge is 0.137 e. The molecule has 19 heavy (non-hydrogen) atoms. The van der Waals surface area contributed by atoms with Crippen molar-refractivity contribution in [2.75, 3.05) is 20.2 Å². The second-order valence-corrected chi connectivity index (χ2v) is 6.05. The average Bonchev–Trinajstić information content (AvgIpc) is 2.42. The van der Waals surface area contributed by atoms with E-state index in [1.165, 1.54) is 25.8 Å². The summed E-state index contributed by atoms with van der Waals surface area (Å²) in [5.74, 6) is 0.906. The first-order chi connectivity index (χ1) is 9.22. The SMILES string of the molecule is CN1CCCCC1CCOc1c(Br)cccc1CN. The summed E-state index contributed by atoms with van der Waals surface area (Å²) in [7, 11) is 2.22. The highest BCUT2D eigenvalue weighted by molar-refractivity contribution is 9.10. The first-order valence-corrected chi connectivity index (χ1v) is 7.82. The summed E-state index contributed by atoms with van der Waals surface area (Å²) in [4.78, 5) is 2.46. The van der Waals surface area contributed by atoms with Crippen LogP contribution in [0.4, 0.5) is 0 Å². The van der Waals surface area contributed by atoms with Gasteiger partial charge in [-0.3, -0.25) is 0 Å². The third-order valence-corrected chi connectivity index (χ3v) is 4.51. The van der Waals surface area contributed by atoms with Crippen molar-refractivity contribution >= 4 is 15.9 Å². The van der Waals surface area contributed by atoms with Gasteiger partial charge >= 0.3 is 0 Å². The number of halogens is 1. The van der Waals surface area contributed by atoms with Gasteiger partial charge in [-0.15, -0.1) is 0 Å². The lowest BCUT2D eigenvalue weighted by Crippen LogP contribution is -2.37. The number of piperidine rings is 1. The van der Waals surface area contributed by atoms with Crippen LogP contribution >= 0.6 is 15.9 Å². The maximum absolute atomic E-state index is 5.96. The highest BCUT2D eigenvalue weighted by atomic mass is 79.9. The molecule has 1 aliphatic heterocycles. The van der Waals surface area contributed by atoms with Crippen LogP contribution in [-0.2, 0) is 6.54 Å². The second-order valence-electron chi connectivity index (χ2n) is 5.20. The van der Waals surface area contributed by atoms with Gasteiger partial charge in [-0.2, -0.15) is 0 Å². The van der Waals surface area contributed by atoms with Gasteiger partial charge in [0, 0.05) is 18.2 Å². The second kappa shape index (κ2) is 7.27. The van der Waals surface area contributed by atoms with Crippen LogP contribution < -0.4 is 10.5 Å². The van der Waals surface area contributed by atoms with Crippen LogP contribution in [-0.4, -0.2) is 31.1 Å². The van der Waals surface area contributed by atoms with E-state index in [0.29, 0.717) is 12.6 Å². The minimum absolute atomic E-state index is 0.512. The van der Waals surface area contributed by atoms with Crippen molar-refractivity contribution in [3.05, 3.63) is 28.2 Å². The Bertz CT molecular complexity index is 411. The number of hydrogen-bond acceptors (Lipinski definition) is 3. The number of nitrogens with zero attached hydrogens (tertiary/aromatic N) is 1. The number of likely N-dealkylation sites (tertiary alicyclic amines) is 1. The van der Waals surface area contributed by atoms with Crippen molar-refractivity contribution in [2.45, 2.75) is 38.3 Å². The molecule has 0 amide bonds. The number of rotatable bonds is 5. The van der Waals surface area contributed by atoms with Crippen LogP contribution in [0.2, 0.25) is 0 Å². The summed E-state index contributed by atoms with van der Waals surface area (Å²) in [5.41, 5.74) is 6.81. The number of ether oxygens (including phenoxy) is 1. The molecular formula is C15H23BrN2O. The summed E-state index contributed by atoms with van der Waals surface area (Å²) in [6, 6.07) is 6.68.